The summed E-state index contributed by atoms with van der Waals surface area (Å²) in [6, 6.07) is 4.65. The van der Waals surface area contributed by atoms with Crippen LogP contribution in [0.1, 0.15) is 25.7 Å². The van der Waals surface area contributed by atoms with Gasteiger partial charge in [0.2, 0.25) is 23.6 Å². The first-order valence-corrected chi connectivity index (χ1v) is 8.08. The molecule has 1 aliphatic heterocycles. The summed E-state index contributed by atoms with van der Waals surface area (Å²) in [5.74, 6) is 1.06. The number of methoxy groups -OCH3 is 1. The van der Waals surface area contributed by atoms with Crippen LogP contribution in [0.4, 0.5) is 5.69 Å². The molecule has 1 fully saturated rings. The molecule has 0 saturated carbocycles. The highest BCUT2D eigenvalue weighted by Crippen LogP contribution is 2.30. The van der Waals surface area contributed by atoms with Crippen molar-refractivity contribution in [1.29, 1.82) is 0 Å². The molecule has 1 aromatic heterocycles. The zero-order valence-electron chi connectivity index (χ0n) is 14.4. The Balaban J connectivity index is 1.82. The smallest absolute Gasteiger partial charge is 0.247 e. The first-order valence-electron chi connectivity index (χ1n) is 8.08. The van der Waals surface area contributed by atoms with Gasteiger partial charge in [0.15, 0.2) is 0 Å². The van der Waals surface area contributed by atoms with Crippen molar-refractivity contribution in [2.45, 2.75) is 32.7 Å². The van der Waals surface area contributed by atoms with Crippen molar-refractivity contribution < 1.29 is 18.7 Å². The molecule has 0 spiro atoms. The topological polar surface area (TPSA) is 97.6 Å². The summed E-state index contributed by atoms with van der Waals surface area (Å²) in [4.78, 5) is 26.0. The number of nitrogens with zero attached hydrogens (tertiary/aromatic N) is 3. The van der Waals surface area contributed by atoms with Crippen LogP contribution < -0.4 is 10.1 Å². The predicted molar refractivity (Wildman–Crippen MR) is 90.1 cm³/mol. The molecule has 0 aliphatic carbocycles. The maximum atomic E-state index is 12.6. The van der Waals surface area contributed by atoms with Gasteiger partial charge in [-0.1, -0.05) is 0 Å². The van der Waals surface area contributed by atoms with E-state index in [1.807, 2.05) is 0 Å². The van der Waals surface area contributed by atoms with Crippen molar-refractivity contribution in [2.75, 3.05) is 19.0 Å². The Morgan fingerprint density at radius 3 is 2.80 bits per heavy atom. The molecule has 3 rings (SSSR count). The van der Waals surface area contributed by atoms with E-state index < -0.39 is 6.04 Å². The molecule has 2 amide bonds. The summed E-state index contributed by atoms with van der Waals surface area (Å²) < 4.78 is 10.7. The third-order valence-electron chi connectivity index (χ3n) is 4.19. The molecule has 1 aromatic carbocycles. The number of hydrogen-bond donors (Lipinski definition) is 1. The molecule has 2 aromatic rings. The van der Waals surface area contributed by atoms with E-state index in [4.69, 9.17) is 9.15 Å². The van der Waals surface area contributed by atoms with E-state index >= 15 is 0 Å². The largest absolute Gasteiger partial charge is 0.495 e. The van der Waals surface area contributed by atoms with Crippen molar-refractivity contribution in [3.05, 3.63) is 24.1 Å². The first-order chi connectivity index (χ1) is 12.0. The van der Waals surface area contributed by atoms with Gasteiger partial charge in [-0.25, -0.2) is 0 Å². The predicted octanol–water partition coefficient (Wildman–Crippen LogP) is 2.00. The maximum Gasteiger partial charge on any atom is 0.247 e. The van der Waals surface area contributed by atoms with Crippen LogP contribution in [-0.4, -0.2) is 46.6 Å². The summed E-state index contributed by atoms with van der Waals surface area (Å²) in [5.41, 5.74) is 1.15. The molecule has 8 nitrogen and oxygen atoms in total. The van der Waals surface area contributed by atoms with Gasteiger partial charge in [0.1, 0.15) is 11.8 Å². The van der Waals surface area contributed by atoms with E-state index in [2.05, 4.69) is 15.5 Å². The number of carbonyl (C=O) groups excluding carboxylic acids is 2. The highest BCUT2D eigenvalue weighted by atomic mass is 16.5. The second-order valence-corrected chi connectivity index (χ2v) is 5.90. The van der Waals surface area contributed by atoms with Crippen LogP contribution in [0.15, 0.2) is 22.6 Å². The second kappa shape index (κ2) is 6.92. The Labute approximate surface area is 145 Å². The zero-order chi connectivity index (χ0) is 18.0. The molecule has 25 heavy (non-hydrogen) atoms. The quantitative estimate of drug-likeness (QED) is 0.891. The number of amides is 2. The van der Waals surface area contributed by atoms with E-state index in [0.717, 1.165) is 6.42 Å². The third kappa shape index (κ3) is 3.47. The molecule has 0 bridgehead atoms. The van der Waals surface area contributed by atoms with Crippen LogP contribution in [0.5, 0.6) is 5.75 Å². The lowest BCUT2D eigenvalue weighted by Crippen LogP contribution is -2.42. The van der Waals surface area contributed by atoms with Gasteiger partial charge in [0.05, 0.1) is 12.8 Å². The van der Waals surface area contributed by atoms with Gasteiger partial charge in [0.25, 0.3) is 0 Å². The number of carbonyl (C=O) groups is 2. The van der Waals surface area contributed by atoms with Crippen LogP contribution >= 0.6 is 0 Å². The number of likely N-dealkylation sites (tertiary alicyclic amines) is 1. The average molecular weight is 344 g/mol. The van der Waals surface area contributed by atoms with E-state index in [0.29, 0.717) is 41.7 Å². The first kappa shape index (κ1) is 16.9. The van der Waals surface area contributed by atoms with Crippen molar-refractivity contribution in [3.8, 4) is 17.2 Å². The average Bonchev–Trinajstić information content (AvgIpc) is 3.22. The number of rotatable bonds is 5. The SMILES string of the molecule is COc1ccc(-c2nnc(C)o2)cc1NC(=O)C(C)N1CCCC1=O. The lowest BCUT2D eigenvalue weighted by Gasteiger charge is -2.23. The van der Waals surface area contributed by atoms with Gasteiger partial charge in [-0.3, -0.25) is 9.59 Å². The van der Waals surface area contributed by atoms with Crippen molar-refractivity contribution >= 4 is 17.5 Å². The Morgan fingerprint density at radius 2 is 2.20 bits per heavy atom. The lowest BCUT2D eigenvalue weighted by atomic mass is 10.1. The third-order valence-corrected chi connectivity index (χ3v) is 4.19. The number of aromatic nitrogens is 2. The number of ether oxygens (including phenoxy) is 1. The Bertz CT molecular complexity index is 802. The van der Waals surface area contributed by atoms with Crippen LogP contribution in [0.3, 0.4) is 0 Å². The molecule has 8 heteroatoms. The molecule has 0 radical (unpaired) electrons. The maximum absolute atomic E-state index is 12.6. The van der Waals surface area contributed by atoms with Crippen molar-refractivity contribution in [3.63, 3.8) is 0 Å². The van der Waals surface area contributed by atoms with Gasteiger partial charge in [-0.05, 0) is 31.5 Å². The molecule has 2 heterocycles. The van der Waals surface area contributed by atoms with Crippen LogP contribution in [0, 0.1) is 6.92 Å². The molecule has 1 atom stereocenters. The highest BCUT2D eigenvalue weighted by Gasteiger charge is 2.29. The fourth-order valence-corrected chi connectivity index (χ4v) is 2.81. The monoisotopic (exact) mass is 344 g/mol. The number of benzene rings is 1. The summed E-state index contributed by atoms with van der Waals surface area (Å²) >= 11 is 0. The van der Waals surface area contributed by atoms with Gasteiger partial charge >= 0.3 is 0 Å². The van der Waals surface area contributed by atoms with Crippen molar-refractivity contribution in [2.24, 2.45) is 0 Å². The van der Waals surface area contributed by atoms with E-state index in [1.54, 1.807) is 36.9 Å². The Hall–Kier alpha value is -2.90. The minimum atomic E-state index is -0.547. The van der Waals surface area contributed by atoms with E-state index in [9.17, 15) is 9.59 Å². The van der Waals surface area contributed by atoms with Crippen molar-refractivity contribution in [1.82, 2.24) is 15.1 Å². The van der Waals surface area contributed by atoms with Gasteiger partial charge in [-0.15, -0.1) is 10.2 Å². The number of aryl methyl sites for hydroxylation is 1. The van der Waals surface area contributed by atoms with Crippen LogP contribution in [0.2, 0.25) is 0 Å². The summed E-state index contributed by atoms with van der Waals surface area (Å²) in [7, 11) is 1.52. The highest BCUT2D eigenvalue weighted by molar-refractivity contribution is 5.98. The normalized spacial score (nSPS) is 15.3. The molecule has 1 unspecified atom stereocenters. The molecular weight excluding hydrogens is 324 g/mol. The van der Waals surface area contributed by atoms with E-state index in [-0.39, 0.29) is 11.8 Å². The Morgan fingerprint density at radius 1 is 1.40 bits per heavy atom. The van der Waals surface area contributed by atoms with Gasteiger partial charge < -0.3 is 19.4 Å². The molecule has 132 valence electrons. The van der Waals surface area contributed by atoms with Crippen LogP contribution in [0.25, 0.3) is 11.5 Å². The summed E-state index contributed by atoms with van der Waals surface area (Å²) in [6.45, 7) is 4.03. The minimum Gasteiger partial charge on any atom is -0.495 e. The Kier molecular flexibility index (Phi) is 4.69. The molecule has 1 saturated heterocycles. The lowest BCUT2D eigenvalue weighted by molar-refractivity contribution is -0.134. The second-order valence-electron chi connectivity index (χ2n) is 5.90. The molecule has 1 aliphatic rings. The number of nitrogens with one attached hydrogen (secondary N) is 1. The van der Waals surface area contributed by atoms with Gasteiger partial charge in [-0.2, -0.15) is 0 Å². The minimum absolute atomic E-state index is 0.00435. The molecular formula is C17H20N4O4. The summed E-state index contributed by atoms with van der Waals surface area (Å²) in [6.07, 6.45) is 1.28. The number of hydrogen-bond acceptors (Lipinski definition) is 6. The zero-order valence-corrected chi connectivity index (χ0v) is 14.4. The van der Waals surface area contributed by atoms with E-state index in [1.165, 1.54) is 7.11 Å². The fraction of sp³-hybridized carbons (Fsp3) is 0.412. The van der Waals surface area contributed by atoms with Crippen LogP contribution in [-0.2, 0) is 9.59 Å². The van der Waals surface area contributed by atoms with Gasteiger partial charge in [0, 0.05) is 25.5 Å². The standard InChI is InChI=1S/C17H20N4O4/c1-10(21-8-4-5-15(21)22)16(23)18-13-9-12(6-7-14(13)24-3)17-20-19-11(2)25-17/h6-7,9-10H,4-5,8H2,1-3H3,(H,18,23). The number of anilines is 1. The summed E-state index contributed by atoms with van der Waals surface area (Å²) in [5, 5.41) is 10.6. The fourth-order valence-electron chi connectivity index (χ4n) is 2.81. The molecule has 1 N–H and O–H groups in total.